The Labute approximate surface area is 257 Å². The topological polar surface area (TPSA) is 87.2 Å². The molecule has 8 nitrogen and oxygen atoms in total. The third-order valence-electron chi connectivity index (χ3n) is 9.02. The molecule has 3 heterocycles. The zero-order valence-electron chi connectivity index (χ0n) is 26.9. The number of carboxylic acids is 1. The Morgan fingerprint density at radius 1 is 1.23 bits per heavy atom. The molecule has 0 aliphatic carbocycles. The number of anilines is 1. The van der Waals surface area contributed by atoms with E-state index in [9.17, 15) is 9.90 Å². The minimum atomic E-state index is -1.01. The average molecular weight is 599 g/mol. The second-order valence-electron chi connectivity index (χ2n) is 13.0. The molecule has 0 saturated carbocycles. The van der Waals surface area contributed by atoms with Gasteiger partial charge in [0.1, 0.15) is 11.9 Å². The summed E-state index contributed by atoms with van der Waals surface area (Å²) in [5.41, 5.74) is 2.61. The van der Waals surface area contributed by atoms with E-state index in [1.807, 2.05) is 18.7 Å². The SMILES string of the molecule is COc1c(F)cc(C(C)(C)OC)cc1[C@H](C(=O)O)N1CC[C@@H](N(CCCCCc2ccc3c(n2)NCCC3)CC(C)C)C1. The number of nitrogens with one attached hydrogen (secondary N) is 1. The molecule has 2 aliphatic heterocycles. The van der Waals surface area contributed by atoms with E-state index in [-0.39, 0.29) is 11.8 Å². The number of aliphatic carboxylic acids is 1. The van der Waals surface area contributed by atoms with Gasteiger partial charge in [-0.25, -0.2) is 9.37 Å². The van der Waals surface area contributed by atoms with Gasteiger partial charge in [-0.1, -0.05) is 26.3 Å². The van der Waals surface area contributed by atoms with Crippen LogP contribution in [0, 0.1) is 11.7 Å². The first-order chi connectivity index (χ1) is 20.5. The summed E-state index contributed by atoms with van der Waals surface area (Å²) in [6.07, 6.45) is 7.43. The maximum atomic E-state index is 15.2. The molecule has 0 unspecified atom stereocenters. The van der Waals surface area contributed by atoms with Crippen molar-refractivity contribution < 1.29 is 23.8 Å². The van der Waals surface area contributed by atoms with Crippen molar-refractivity contribution in [3.05, 3.63) is 52.5 Å². The normalized spacial score (nSPS) is 18.1. The van der Waals surface area contributed by atoms with E-state index in [0.717, 1.165) is 69.7 Å². The van der Waals surface area contributed by atoms with Gasteiger partial charge in [-0.3, -0.25) is 14.6 Å². The number of fused-ring (bicyclic) bond motifs is 1. The number of aromatic nitrogens is 1. The molecular weight excluding hydrogens is 547 g/mol. The van der Waals surface area contributed by atoms with Gasteiger partial charge in [0.25, 0.3) is 0 Å². The van der Waals surface area contributed by atoms with Crippen LogP contribution in [0.4, 0.5) is 10.2 Å². The van der Waals surface area contributed by atoms with Crippen molar-refractivity contribution in [3.8, 4) is 5.75 Å². The van der Waals surface area contributed by atoms with Crippen LogP contribution in [-0.4, -0.2) is 78.8 Å². The first kappa shape index (κ1) is 33.1. The van der Waals surface area contributed by atoms with Crippen molar-refractivity contribution >= 4 is 11.8 Å². The standard InChI is InChI=1S/C34H51FN4O4/c1-23(2)21-38(17-9-7-8-12-26-14-13-24-11-10-16-36-32(24)37-26)27-15-18-39(22-27)30(33(40)41)28-19-25(34(3,4)43-6)20-29(35)31(28)42-5/h13-14,19-20,23,27,30H,7-12,15-18,21-22H2,1-6H3,(H,36,37)(H,40,41)/t27-,30-/m1/s1. The molecule has 1 fully saturated rings. The number of ether oxygens (including phenoxy) is 2. The summed E-state index contributed by atoms with van der Waals surface area (Å²) in [5, 5.41) is 13.8. The van der Waals surface area contributed by atoms with Crippen LogP contribution >= 0.6 is 0 Å². The van der Waals surface area contributed by atoms with E-state index in [1.54, 1.807) is 13.2 Å². The molecule has 2 aromatic rings. The van der Waals surface area contributed by atoms with Crippen molar-refractivity contribution in [1.29, 1.82) is 0 Å². The van der Waals surface area contributed by atoms with Crippen LogP contribution < -0.4 is 10.1 Å². The fourth-order valence-electron chi connectivity index (χ4n) is 6.48. The molecule has 2 atom stereocenters. The van der Waals surface area contributed by atoms with Gasteiger partial charge in [-0.15, -0.1) is 0 Å². The van der Waals surface area contributed by atoms with Gasteiger partial charge < -0.3 is 19.9 Å². The Morgan fingerprint density at radius 2 is 2.02 bits per heavy atom. The lowest BCUT2D eigenvalue weighted by Crippen LogP contribution is -2.42. The first-order valence-corrected chi connectivity index (χ1v) is 15.9. The van der Waals surface area contributed by atoms with Gasteiger partial charge >= 0.3 is 5.97 Å². The van der Waals surface area contributed by atoms with E-state index >= 15 is 4.39 Å². The van der Waals surface area contributed by atoms with Gasteiger partial charge in [-0.2, -0.15) is 0 Å². The number of aryl methyl sites for hydroxylation is 2. The van der Waals surface area contributed by atoms with Crippen LogP contribution in [0.3, 0.4) is 0 Å². The lowest BCUT2D eigenvalue weighted by atomic mass is 9.92. The van der Waals surface area contributed by atoms with Crippen LogP contribution in [0.15, 0.2) is 24.3 Å². The number of carbonyl (C=O) groups is 1. The molecule has 4 rings (SSSR count). The Kier molecular flexibility index (Phi) is 11.4. The highest BCUT2D eigenvalue weighted by Gasteiger charge is 2.39. The number of likely N-dealkylation sites (tertiary alicyclic amines) is 1. The molecule has 1 aromatic heterocycles. The Hall–Kier alpha value is -2.75. The molecule has 1 aromatic carbocycles. The largest absolute Gasteiger partial charge is 0.493 e. The molecule has 0 amide bonds. The highest BCUT2D eigenvalue weighted by atomic mass is 19.1. The Morgan fingerprint density at radius 3 is 2.72 bits per heavy atom. The fourth-order valence-corrected chi connectivity index (χ4v) is 6.48. The van der Waals surface area contributed by atoms with Gasteiger partial charge in [0.05, 0.1) is 12.7 Å². The maximum absolute atomic E-state index is 15.2. The molecule has 238 valence electrons. The monoisotopic (exact) mass is 598 g/mol. The number of hydrogen-bond acceptors (Lipinski definition) is 7. The van der Waals surface area contributed by atoms with Crippen molar-refractivity contribution in [2.75, 3.05) is 52.3 Å². The van der Waals surface area contributed by atoms with Gasteiger partial charge in [0.2, 0.25) is 0 Å². The first-order valence-electron chi connectivity index (χ1n) is 15.9. The number of unbranched alkanes of at least 4 members (excludes halogenated alkanes) is 2. The minimum absolute atomic E-state index is 0.0188. The second kappa shape index (κ2) is 14.8. The second-order valence-corrected chi connectivity index (χ2v) is 13.0. The number of hydrogen-bond donors (Lipinski definition) is 2. The third kappa shape index (κ3) is 8.25. The fraction of sp³-hybridized carbons (Fsp3) is 0.647. The maximum Gasteiger partial charge on any atom is 0.325 e. The number of carboxylic acid groups (broad SMARTS) is 1. The van der Waals surface area contributed by atoms with Crippen molar-refractivity contribution in [1.82, 2.24) is 14.8 Å². The van der Waals surface area contributed by atoms with E-state index in [0.29, 0.717) is 30.1 Å². The van der Waals surface area contributed by atoms with Crippen molar-refractivity contribution in [2.45, 2.75) is 90.3 Å². The van der Waals surface area contributed by atoms with Gasteiger partial charge in [0.15, 0.2) is 11.6 Å². The Balaban J connectivity index is 1.40. The lowest BCUT2D eigenvalue weighted by molar-refractivity contribution is -0.143. The number of nitrogens with zero attached hydrogens (tertiary/aromatic N) is 3. The number of rotatable bonds is 15. The van der Waals surface area contributed by atoms with Gasteiger partial charge in [0, 0.05) is 50.6 Å². The predicted molar refractivity (Wildman–Crippen MR) is 168 cm³/mol. The molecule has 0 spiro atoms. The molecule has 0 radical (unpaired) electrons. The van der Waals surface area contributed by atoms with E-state index in [1.165, 1.54) is 25.2 Å². The predicted octanol–water partition coefficient (Wildman–Crippen LogP) is 6.04. The molecule has 2 N–H and O–H groups in total. The number of halogens is 1. The van der Waals surface area contributed by atoms with Crippen LogP contribution in [0.2, 0.25) is 0 Å². The van der Waals surface area contributed by atoms with Crippen LogP contribution in [0.25, 0.3) is 0 Å². The van der Waals surface area contributed by atoms with Crippen LogP contribution in [-0.2, 0) is 28.0 Å². The summed E-state index contributed by atoms with van der Waals surface area (Å²) < 4.78 is 26.2. The minimum Gasteiger partial charge on any atom is -0.493 e. The number of pyridine rings is 1. The molecule has 43 heavy (non-hydrogen) atoms. The summed E-state index contributed by atoms with van der Waals surface area (Å²) in [6.45, 7) is 12.3. The smallest absolute Gasteiger partial charge is 0.325 e. The summed E-state index contributed by atoms with van der Waals surface area (Å²) >= 11 is 0. The third-order valence-corrected chi connectivity index (χ3v) is 9.02. The summed E-state index contributed by atoms with van der Waals surface area (Å²) in [7, 11) is 2.95. The molecule has 1 saturated heterocycles. The van der Waals surface area contributed by atoms with E-state index in [2.05, 4.69) is 36.2 Å². The quantitative estimate of drug-likeness (QED) is 0.240. The summed E-state index contributed by atoms with van der Waals surface area (Å²) in [4.78, 5) is 22.1. The van der Waals surface area contributed by atoms with Crippen molar-refractivity contribution in [2.24, 2.45) is 5.92 Å². The summed E-state index contributed by atoms with van der Waals surface area (Å²) in [5.74, 6) is -0.0438. The molecule has 2 aliphatic rings. The lowest BCUT2D eigenvalue weighted by Gasteiger charge is -2.32. The highest BCUT2D eigenvalue weighted by molar-refractivity contribution is 5.77. The molecular formula is C34H51FN4O4. The zero-order chi connectivity index (χ0) is 31.1. The Bertz CT molecular complexity index is 1240. The number of methoxy groups -OCH3 is 2. The molecule has 0 bridgehead atoms. The van der Waals surface area contributed by atoms with E-state index in [4.69, 9.17) is 14.5 Å². The molecule has 9 heteroatoms. The van der Waals surface area contributed by atoms with Gasteiger partial charge in [-0.05, 0) is 94.2 Å². The highest BCUT2D eigenvalue weighted by Crippen LogP contribution is 2.38. The van der Waals surface area contributed by atoms with Crippen molar-refractivity contribution in [3.63, 3.8) is 0 Å². The van der Waals surface area contributed by atoms with E-state index < -0.39 is 23.4 Å². The van der Waals surface area contributed by atoms with Crippen LogP contribution in [0.1, 0.15) is 88.2 Å². The number of benzene rings is 1. The van der Waals surface area contributed by atoms with Crippen LogP contribution in [0.5, 0.6) is 5.75 Å². The average Bonchev–Trinajstić information content (AvgIpc) is 3.45. The zero-order valence-corrected chi connectivity index (χ0v) is 26.9. The summed E-state index contributed by atoms with van der Waals surface area (Å²) in [6, 6.07) is 6.74.